The van der Waals surface area contributed by atoms with Crippen LogP contribution in [-0.4, -0.2) is 83.7 Å². The van der Waals surface area contributed by atoms with Crippen LogP contribution >= 0.6 is 0 Å². The highest BCUT2D eigenvalue weighted by molar-refractivity contribution is 7.92. The number of hydrogen-bond acceptors (Lipinski definition) is 7. The summed E-state index contributed by atoms with van der Waals surface area (Å²) in [5.41, 5.74) is 1.09. The maximum atomic E-state index is 13.4. The van der Waals surface area contributed by atoms with Gasteiger partial charge in [0.05, 0.1) is 31.9 Å². The van der Waals surface area contributed by atoms with E-state index in [1.807, 2.05) is 6.92 Å². The number of anilines is 2. The van der Waals surface area contributed by atoms with E-state index in [0.29, 0.717) is 17.0 Å². The van der Waals surface area contributed by atoms with E-state index in [-0.39, 0.29) is 48.7 Å². The number of likely N-dealkylation sites (N-methyl/N-ethyl adjacent to an activating group) is 1. The summed E-state index contributed by atoms with van der Waals surface area (Å²) in [5.74, 6) is -0.582. The Morgan fingerprint density at radius 3 is 2.57 bits per heavy atom. The first-order valence-corrected chi connectivity index (χ1v) is 14.8. The van der Waals surface area contributed by atoms with Crippen molar-refractivity contribution in [1.29, 1.82) is 0 Å². The van der Waals surface area contributed by atoms with Gasteiger partial charge in [-0.15, -0.1) is 0 Å². The monoisotopic (exact) mass is 602 g/mol. The van der Waals surface area contributed by atoms with E-state index in [4.69, 9.17) is 4.74 Å². The molecule has 3 aromatic rings. The summed E-state index contributed by atoms with van der Waals surface area (Å²) in [4.78, 5) is 33.2. The number of benzene rings is 2. The molecule has 0 radical (unpaired) electrons. The van der Waals surface area contributed by atoms with Crippen LogP contribution in [0.3, 0.4) is 0 Å². The fourth-order valence-electron chi connectivity index (χ4n) is 4.55. The van der Waals surface area contributed by atoms with Crippen molar-refractivity contribution in [2.45, 2.75) is 37.4 Å². The molecule has 0 aliphatic carbocycles. The maximum Gasteiger partial charge on any atom is 0.321 e. The molecule has 2 heterocycles. The van der Waals surface area contributed by atoms with Gasteiger partial charge in [-0.2, -0.15) is 8.42 Å². The van der Waals surface area contributed by atoms with Crippen LogP contribution in [0.15, 0.2) is 60.0 Å². The predicted octanol–water partition coefficient (Wildman–Crippen LogP) is 2.67. The third-order valence-electron chi connectivity index (χ3n) is 7.02. The Hall–Kier alpha value is -4.17. The number of sulfonamides is 1. The Kier molecular flexibility index (Phi) is 9.36. The number of aromatic nitrogens is 2. The molecule has 0 saturated heterocycles. The van der Waals surface area contributed by atoms with Crippen LogP contribution in [0, 0.1) is 11.7 Å². The minimum Gasteiger partial charge on any atom is -0.488 e. The Bertz CT molecular complexity index is 1530. The van der Waals surface area contributed by atoms with Gasteiger partial charge in [-0.1, -0.05) is 6.92 Å². The molecule has 1 aliphatic heterocycles. The number of nitrogens with one attached hydrogen (secondary N) is 2. The first kappa shape index (κ1) is 30.8. The number of amides is 3. The lowest BCUT2D eigenvalue weighted by molar-refractivity contribution is -0.134. The van der Waals surface area contributed by atoms with Crippen molar-refractivity contribution < 1.29 is 32.2 Å². The van der Waals surface area contributed by atoms with Gasteiger partial charge in [0.25, 0.3) is 10.0 Å². The van der Waals surface area contributed by atoms with Crippen molar-refractivity contribution in [3.05, 3.63) is 66.4 Å². The van der Waals surface area contributed by atoms with Gasteiger partial charge < -0.3 is 29.5 Å². The number of carbonyl (C=O) groups is 2. The van der Waals surface area contributed by atoms with E-state index in [1.54, 1.807) is 32.0 Å². The van der Waals surface area contributed by atoms with Gasteiger partial charge in [-0.3, -0.25) is 9.52 Å². The fourth-order valence-corrected chi connectivity index (χ4v) is 5.58. The molecule has 12 nitrogen and oxygen atoms in total. The van der Waals surface area contributed by atoms with Crippen LogP contribution in [-0.2, 0) is 28.3 Å². The van der Waals surface area contributed by atoms with Gasteiger partial charge in [0.2, 0.25) is 5.91 Å². The molecule has 3 atom stereocenters. The lowest BCUT2D eigenvalue weighted by atomic mass is 10.0. The molecule has 1 aliphatic rings. The first-order valence-electron chi connectivity index (χ1n) is 13.3. The first-order chi connectivity index (χ1) is 19.9. The van der Waals surface area contributed by atoms with Crippen LogP contribution < -0.4 is 14.8 Å². The number of aliphatic hydroxyl groups is 1. The minimum absolute atomic E-state index is 0.0981. The second-order valence-electron chi connectivity index (χ2n) is 10.5. The van der Waals surface area contributed by atoms with Crippen LogP contribution in [0.1, 0.15) is 19.4 Å². The van der Waals surface area contributed by atoms with Crippen LogP contribution in [0.25, 0.3) is 0 Å². The summed E-state index contributed by atoms with van der Waals surface area (Å²) in [5, 5.41) is 12.4. The molecule has 3 amide bonds. The molecule has 4 rings (SSSR count). The van der Waals surface area contributed by atoms with Gasteiger partial charge in [0, 0.05) is 49.7 Å². The van der Waals surface area contributed by atoms with Crippen molar-refractivity contribution in [1.82, 2.24) is 19.4 Å². The standard InChI is InChI=1S/C28H35FN6O6S/c1-18-13-35(19(2)16-36)27(37)12-20-11-23(32-42(39,40)26-15-33(3)17-30-26)9-10-24(20)41-25(18)14-34(4)28(38)31-22-7-5-21(29)6-8-22/h5-11,15,17-19,25,32,36H,12-14,16H2,1-4H3,(H,31,38)/t18-,19-,25-/m0/s1. The quantitative estimate of drug-likeness (QED) is 0.359. The summed E-state index contributed by atoms with van der Waals surface area (Å²) >= 11 is 0. The predicted molar refractivity (Wildman–Crippen MR) is 154 cm³/mol. The molecule has 14 heteroatoms. The topological polar surface area (TPSA) is 146 Å². The van der Waals surface area contributed by atoms with Gasteiger partial charge in [-0.25, -0.2) is 14.2 Å². The van der Waals surface area contributed by atoms with Crippen molar-refractivity contribution in [2.75, 3.05) is 36.8 Å². The van der Waals surface area contributed by atoms with E-state index >= 15 is 0 Å². The van der Waals surface area contributed by atoms with E-state index in [9.17, 15) is 27.5 Å². The summed E-state index contributed by atoms with van der Waals surface area (Å²) in [6.07, 6.45) is 2.07. The summed E-state index contributed by atoms with van der Waals surface area (Å²) in [7, 11) is -0.730. The lowest BCUT2D eigenvalue weighted by Gasteiger charge is -2.34. The second kappa shape index (κ2) is 12.8. The smallest absolute Gasteiger partial charge is 0.321 e. The molecule has 0 fully saturated rings. The molecular formula is C28H35FN6O6S. The van der Waals surface area contributed by atoms with Gasteiger partial charge in [0.15, 0.2) is 5.03 Å². The van der Waals surface area contributed by atoms with Gasteiger partial charge in [-0.05, 0) is 49.4 Å². The summed E-state index contributed by atoms with van der Waals surface area (Å²) in [6.45, 7) is 3.77. The number of halogens is 1. The number of nitrogens with zero attached hydrogens (tertiary/aromatic N) is 4. The number of carbonyl (C=O) groups excluding carboxylic acids is 2. The molecule has 0 bridgehead atoms. The lowest BCUT2D eigenvalue weighted by Crippen LogP contribution is -2.48. The number of ether oxygens (including phenoxy) is 1. The Balaban J connectivity index is 1.61. The molecule has 2 aromatic carbocycles. The van der Waals surface area contributed by atoms with Crippen LogP contribution in [0.2, 0.25) is 0 Å². The zero-order chi connectivity index (χ0) is 30.6. The van der Waals surface area contributed by atoms with Crippen molar-refractivity contribution >= 4 is 33.3 Å². The number of imidazole rings is 1. The van der Waals surface area contributed by atoms with E-state index in [1.165, 1.54) is 58.4 Å². The molecule has 0 spiro atoms. The van der Waals surface area contributed by atoms with Crippen molar-refractivity contribution in [2.24, 2.45) is 13.0 Å². The largest absolute Gasteiger partial charge is 0.488 e. The highest BCUT2D eigenvalue weighted by Gasteiger charge is 2.32. The average molecular weight is 603 g/mol. The number of rotatable bonds is 8. The zero-order valence-electron chi connectivity index (χ0n) is 23.8. The SMILES string of the molecule is C[C@H]1CN([C@@H](C)CO)C(=O)Cc2cc(NS(=O)(=O)c3cn(C)cn3)ccc2O[C@H]1CN(C)C(=O)Nc1ccc(F)cc1. The molecule has 1 aromatic heterocycles. The molecule has 226 valence electrons. The maximum absolute atomic E-state index is 13.4. The van der Waals surface area contributed by atoms with E-state index in [2.05, 4.69) is 15.0 Å². The number of urea groups is 1. The Morgan fingerprint density at radius 2 is 1.93 bits per heavy atom. The highest BCUT2D eigenvalue weighted by atomic mass is 32.2. The number of aliphatic hydroxyl groups excluding tert-OH is 1. The molecular weight excluding hydrogens is 567 g/mol. The average Bonchev–Trinajstić information content (AvgIpc) is 3.41. The van der Waals surface area contributed by atoms with E-state index < -0.39 is 34.0 Å². The van der Waals surface area contributed by atoms with Gasteiger partial charge >= 0.3 is 6.03 Å². The third kappa shape index (κ3) is 7.36. The van der Waals surface area contributed by atoms with Crippen molar-refractivity contribution in [3.8, 4) is 5.75 Å². The number of aryl methyl sites for hydroxylation is 1. The summed E-state index contributed by atoms with van der Waals surface area (Å²) < 4.78 is 49.4. The molecule has 0 saturated carbocycles. The molecule has 3 N–H and O–H groups in total. The fraction of sp³-hybridized carbons (Fsp3) is 0.393. The molecule has 0 unspecified atom stereocenters. The van der Waals surface area contributed by atoms with E-state index in [0.717, 1.165) is 0 Å². The zero-order valence-corrected chi connectivity index (χ0v) is 24.6. The van der Waals surface area contributed by atoms with Gasteiger partial charge in [0.1, 0.15) is 17.7 Å². The highest BCUT2D eigenvalue weighted by Crippen LogP contribution is 2.30. The molecule has 42 heavy (non-hydrogen) atoms. The summed E-state index contributed by atoms with van der Waals surface area (Å²) in [6, 6.07) is 9.13. The second-order valence-corrected chi connectivity index (χ2v) is 12.1. The number of hydrogen-bond donors (Lipinski definition) is 3. The normalized spacial score (nSPS) is 18.1. The van der Waals surface area contributed by atoms with Crippen molar-refractivity contribution in [3.63, 3.8) is 0 Å². The third-order valence-corrected chi connectivity index (χ3v) is 8.29. The Labute approximate surface area is 244 Å². The van der Waals surface area contributed by atoms with Crippen LogP contribution in [0.5, 0.6) is 5.75 Å². The minimum atomic E-state index is -3.98. The van der Waals surface area contributed by atoms with Crippen LogP contribution in [0.4, 0.5) is 20.6 Å². The number of fused-ring (bicyclic) bond motifs is 1. The Morgan fingerprint density at radius 1 is 1.24 bits per heavy atom.